The molecule has 0 fully saturated rings. The van der Waals surface area contributed by atoms with Crippen LogP contribution < -0.4 is 5.32 Å². The minimum atomic E-state index is 0. The van der Waals surface area contributed by atoms with E-state index in [1.165, 1.54) is 21.9 Å². The van der Waals surface area contributed by atoms with Gasteiger partial charge in [-0.05, 0) is 28.8 Å². The van der Waals surface area contributed by atoms with Crippen LogP contribution in [0.15, 0.2) is 41.4 Å². The topological polar surface area (TPSA) is 33.6 Å². The molecule has 100 valence electrons. The van der Waals surface area contributed by atoms with Gasteiger partial charge >= 0.3 is 0 Å². The van der Waals surface area contributed by atoms with Crippen molar-refractivity contribution in [1.82, 2.24) is 5.32 Å². The Morgan fingerprint density at radius 2 is 1.95 bits per heavy atom. The van der Waals surface area contributed by atoms with Crippen LogP contribution >= 0.6 is 17.0 Å². The van der Waals surface area contributed by atoms with Gasteiger partial charge in [-0.3, -0.25) is 0 Å². The molecule has 2 aromatic rings. The lowest BCUT2D eigenvalue weighted by Gasteiger charge is -2.10. The SMILES string of the molecule is Br.Cc1ccc(CNC2=NCCO2)c2ccccc12. The van der Waals surface area contributed by atoms with Gasteiger partial charge in [0.2, 0.25) is 0 Å². The molecule has 0 saturated heterocycles. The normalized spacial score (nSPS) is 13.6. The summed E-state index contributed by atoms with van der Waals surface area (Å²) in [4.78, 5) is 4.23. The quantitative estimate of drug-likeness (QED) is 0.921. The molecule has 2 aromatic carbocycles. The number of nitrogens with one attached hydrogen (secondary N) is 1. The van der Waals surface area contributed by atoms with E-state index in [9.17, 15) is 0 Å². The van der Waals surface area contributed by atoms with Gasteiger partial charge in [-0.15, -0.1) is 17.0 Å². The van der Waals surface area contributed by atoms with Gasteiger partial charge < -0.3 is 10.1 Å². The van der Waals surface area contributed by atoms with Gasteiger partial charge in [0.25, 0.3) is 6.02 Å². The monoisotopic (exact) mass is 320 g/mol. The second-order valence-corrected chi connectivity index (χ2v) is 4.48. The van der Waals surface area contributed by atoms with Gasteiger partial charge in [-0.1, -0.05) is 36.4 Å². The summed E-state index contributed by atoms with van der Waals surface area (Å²) in [6.07, 6.45) is 0. The maximum absolute atomic E-state index is 5.35. The minimum Gasteiger partial charge on any atom is -0.463 e. The molecule has 0 unspecified atom stereocenters. The number of hydrogen-bond donors (Lipinski definition) is 1. The van der Waals surface area contributed by atoms with Gasteiger partial charge in [0, 0.05) is 6.54 Å². The molecule has 0 amide bonds. The molecule has 0 aliphatic carbocycles. The molecule has 1 heterocycles. The Morgan fingerprint density at radius 3 is 2.68 bits per heavy atom. The van der Waals surface area contributed by atoms with Gasteiger partial charge in [0.1, 0.15) is 6.61 Å². The number of ether oxygens (including phenoxy) is 1. The number of benzene rings is 2. The number of aliphatic imine (C=N–C) groups is 1. The molecule has 0 spiro atoms. The molecule has 0 bridgehead atoms. The van der Waals surface area contributed by atoms with E-state index < -0.39 is 0 Å². The third kappa shape index (κ3) is 2.89. The Balaban J connectivity index is 0.00000133. The highest BCUT2D eigenvalue weighted by Crippen LogP contribution is 2.22. The lowest BCUT2D eigenvalue weighted by Crippen LogP contribution is -2.23. The molecule has 0 aromatic heterocycles. The molecule has 0 radical (unpaired) electrons. The average molecular weight is 321 g/mol. The lowest BCUT2D eigenvalue weighted by atomic mass is 10.0. The van der Waals surface area contributed by atoms with Crippen molar-refractivity contribution < 1.29 is 4.74 Å². The van der Waals surface area contributed by atoms with Crippen molar-refractivity contribution >= 4 is 33.8 Å². The van der Waals surface area contributed by atoms with Crippen LogP contribution in [0.5, 0.6) is 0 Å². The van der Waals surface area contributed by atoms with Crippen molar-refractivity contribution in [2.75, 3.05) is 13.2 Å². The van der Waals surface area contributed by atoms with E-state index in [1.807, 2.05) is 0 Å². The third-order valence-electron chi connectivity index (χ3n) is 3.25. The predicted molar refractivity (Wildman–Crippen MR) is 84.1 cm³/mol. The van der Waals surface area contributed by atoms with E-state index in [4.69, 9.17) is 4.74 Å². The van der Waals surface area contributed by atoms with Gasteiger partial charge in [-0.25, -0.2) is 4.99 Å². The van der Waals surface area contributed by atoms with Gasteiger partial charge in [0.15, 0.2) is 0 Å². The zero-order chi connectivity index (χ0) is 12.4. The van der Waals surface area contributed by atoms with Crippen LogP contribution in [0.2, 0.25) is 0 Å². The van der Waals surface area contributed by atoms with E-state index in [-0.39, 0.29) is 17.0 Å². The smallest absolute Gasteiger partial charge is 0.285 e. The lowest BCUT2D eigenvalue weighted by molar-refractivity contribution is 0.331. The fourth-order valence-corrected chi connectivity index (χ4v) is 2.28. The van der Waals surface area contributed by atoms with Crippen molar-refractivity contribution in [3.05, 3.63) is 47.5 Å². The Morgan fingerprint density at radius 1 is 1.16 bits per heavy atom. The highest BCUT2D eigenvalue weighted by molar-refractivity contribution is 8.93. The van der Waals surface area contributed by atoms with Crippen LogP contribution in [0.3, 0.4) is 0 Å². The fourth-order valence-electron chi connectivity index (χ4n) is 2.28. The molecule has 4 heteroatoms. The van der Waals surface area contributed by atoms with Crippen LogP contribution in [0, 0.1) is 6.92 Å². The van der Waals surface area contributed by atoms with E-state index in [1.54, 1.807) is 0 Å². The summed E-state index contributed by atoms with van der Waals surface area (Å²) in [7, 11) is 0. The first kappa shape index (κ1) is 13.9. The third-order valence-corrected chi connectivity index (χ3v) is 3.25. The minimum absolute atomic E-state index is 0. The van der Waals surface area contributed by atoms with Gasteiger partial charge in [-0.2, -0.15) is 0 Å². The first-order valence-electron chi connectivity index (χ1n) is 6.23. The Hall–Kier alpha value is -1.55. The van der Waals surface area contributed by atoms with Crippen LogP contribution in [0.25, 0.3) is 10.8 Å². The van der Waals surface area contributed by atoms with E-state index in [2.05, 4.69) is 53.6 Å². The highest BCUT2D eigenvalue weighted by Gasteiger charge is 2.08. The Kier molecular flexibility index (Phi) is 4.43. The molecular formula is C15H17BrN2O. The molecule has 1 aliphatic rings. The first-order chi connectivity index (χ1) is 8.84. The predicted octanol–water partition coefficient (Wildman–Crippen LogP) is 3.20. The summed E-state index contributed by atoms with van der Waals surface area (Å²) >= 11 is 0. The van der Waals surface area contributed by atoms with E-state index >= 15 is 0 Å². The molecule has 1 aliphatic heterocycles. The molecule has 0 atom stereocenters. The maximum atomic E-state index is 5.35. The summed E-state index contributed by atoms with van der Waals surface area (Å²) in [6.45, 7) is 4.34. The molecule has 1 N–H and O–H groups in total. The molecule has 19 heavy (non-hydrogen) atoms. The summed E-state index contributed by atoms with van der Waals surface area (Å²) in [5, 5.41) is 5.84. The molecule has 0 saturated carbocycles. The van der Waals surface area contributed by atoms with E-state index in [0.29, 0.717) is 12.6 Å². The average Bonchev–Trinajstić information content (AvgIpc) is 2.92. The van der Waals surface area contributed by atoms with Crippen LogP contribution in [0.4, 0.5) is 0 Å². The van der Waals surface area contributed by atoms with Crippen molar-refractivity contribution in [2.45, 2.75) is 13.5 Å². The van der Waals surface area contributed by atoms with Crippen molar-refractivity contribution in [3.8, 4) is 0 Å². The Bertz CT molecular complexity index is 610. The Labute approximate surface area is 123 Å². The summed E-state index contributed by atoms with van der Waals surface area (Å²) < 4.78 is 5.35. The number of nitrogens with zero attached hydrogens (tertiary/aromatic N) is 1. The fraction of sp³-hybridized carbons (Fsp3) is 0.267. The van der Waals surface area contributed by atoms with Crippen molar-refractivity contribution in [3.63, 3.8) is 0 Å². The first-order valence-corrected chi connectivity index (χ1v) is 6.23. The van der Waals surface area contributed by atoms with E-state index in [0.717, 1.165) is 13.1 Å². The second kappa shape index (κ2) is 6.06. The van der Waals surface area contributed by atoms with Crippen molar-refractivity contribution in [2.24, 2.45) is 4.99 Å². The summed E-state index contributed by atoms with van der Waals surface area (Å²) in [5.74, 6) is 0. The summed E-state index contributed by atoms with van der Waals surface area (Å²) in [6, 6.07) is 13.5. The highest BCUT2D eigenvalue weighted by atomic mass is 79.9. The standard InChI is InChI=1S/C15H16N2O.BrH/c1-11-6-7-12(10-17-15-16-8-9-18-15)14-5-3-2-4-13(11)14;/h2-7H,8-10H2,1H3,(H,16,17);1H. The number of aryl methyl sites for hydroxylation is 1. The largest absolute Gasteiger partial charge is 0.463 e. The summed E-state index contributed by atoms with van der Waals surface area (Å²) in [5.41, 5.74) is 2.58. The number of amidine groups is 1. The number of rotatable bonds is 2. The van der Waals surface area contributed by atoms with Crippen LogP contribution in [-0.2, 0) is 11.3 Å². The van der Waals surface area contributed by atoms with Gasteiger partial charge in [0.05, 0.1) is 6.54 Å². The van der Waals surface area contributed by atoms with Crippen LogP contribution in [-0.4, -0.2) is 19.2 Å². The molecular weight excluding hydrogens is 304 g/mol. The molecule has 3 rings (SSSR count). The number of hydrogen-bond acceptors (Lipinski definition) is 3. The zero-order valence-corrected chi connectivity index (χ0v) is 12.6. The number of fused-ring (bicyclic) bond motifs is 1. The second-order valence-electron chi connectivity index (χ2n) is 4.48. The maximum Gasteiger partial charge on any atom is 0.285 e. The molecule has 3 nitrogen and oxygen atoms in total. The zero-order valence-electron chi connectivity index (χ0n) is 10.8. The number of halogens is 1. The van der Waals surface area contributed by atoms with Crippen molar-refractivity contribution in [1.29, 1.82) is 0 Å². The van der Waals surface area contributed by atoms with Crippen LogP contribution in [0.1, 0.15) is 11.1 Å².